The smallest absolute Gasteiger partial charge is 0.242 e. The lowest BCUT2D eigenvalue weighted by molar-refractivity contribution is -0.120. The van der Waals surface area contributed by atoms with Crippen molar-refractivity contribution in [2.24, 2.45) is 22.7 Å². The summed E-state index contributed by atoms with van der Waals surface area (Å²) in [5.74, 6) is 2.33. The summed E-state index contributed by atoms with van der Waals surface area (Å²) in [5.41, 5.74) is 0. The molecule has 40 heavy (non-hydrogen) atoms. The van der Waals surface area contributed by atoms with Gasteiger partial charge in [0.15, 0.2) is 5.17 Å². The van der Waals surface area contributed by atoms with Gasteiger partial charge < -0.3 is 10.4 Å². The summed E-state index contributed by atoms with van der Waals surface area (Å²) >= 11 is 1.56. The first kappa shape index (κ1) is 41.2. The van der Waals surface area contributed by atoms with Crippen molar-refractivity contribution in [1.82, 2.24) is 10.2 Å². The van der Waals surface area contributed by atoms with E-state index in [-0.39, 0.29) is 24.8 Å². The number of likely N-dealkylation sites (tertiary alicyclic amines) is 1. The van der Waals surface area contributed by atoms with Crippen LogP contribution in [0.25, 0.3) is 0 Å². The van der Waals surface area contributed by atoms with Gasteiger partial charge in [0, 0.05) is 30.1 Å². The molecule has 0 aromatic carbocycles. The largest absolute Gasteiger partial charge is 0.381 e. The van der Waals surface area contributed by atoms with E-state index >= 15 is 0 Å². The number of hydrogen-bond acceptors (Lipinski definition) is 6. The van der Waals surface area contributed by atoms with Crippen molar-refractivity contribution >= 4 is 33.6 Å². The van der Waals surface area contributed by atoms with Crippen molar-refractivity contribution in [3.8, 4) is 0 Å². The van der Waals surface area contributed by atoms with Crippen LogP contribution in [0.15, 0.2) is 28.6 Å². The summed E-state index contributed by atoms with van der Waals surface area (Å²) in [6, 6.07) is 0.400. The molecule has 0 aromatic rings. The van der Waals surface area contributed by atoms with E-state index in [1.54, 1.807) is 29.5 Å². The number of rotatable bonds is 7. The number of amides is 1. The first-order valence-electron chi connectivity index (χ1n) is 14.9. The molecule has 2 saturated heterocycles. The molecule has 3 rings (SSSR count). The Bertz CT molecular complexity index is 777. The van der Waals surface area contributed by atoms with Gasteiger partial charge in [-0.15, -0.1) is 0 Å². The van der Waals surface area contributed by atoms with Crippen molar-refractivity contribution < 1.29 is 14.1 Å². The number of amidine groups is 1. The average molecular weight is 602 g/mol. The Morgan fingerprint density at radius 3 is 2.15 bits per heavy atom. The van der Waals surface area contributed by atoms with Crippen LogP contribution in [-0.2, 0) is 15.6 Å². The quantitative estimate of drug-likeness (QED) is 0.291. The van der Waals surface area contributed by atoms with Crippen LogP contribution < -0.4 is 5.32 Å². The maximum Gasteiger partial charge on any atom is 0.242 e. The van der Waals surface area contributed by atoms with Crippen molar-refractivity contribution in [2.75, 3.05) is 26.1 Å². The molecule has 3 fully saturated rings. The molecule has 2 N–H and O–H groups in total. The minimum absolute atomic E-state index is 0. The Hall–Kier alpha value is -0.960. The number of nitrogens with zero attached hydrogens (tertiary/aromatic N) is 2. The lowest BCUT2D eigenvalue weighted by atomic mass is 10.0. The number of allylic oxidation sites excluding steroid dienone is 3. The summed E-state index contributed by atoms with van der Waals surface area (Å²) in [5, 5.41) is 14.0. The zero-order valence-corrected chi connectivity index (χ0v) is 28.0. The van der Waals surface area contributed by atoms with Crippen LogP contribution in [0.4, 0.5) is 0 Å². The number of nitrogens with one attached hydrogen (secondary N) is 1. The molecule has 2 aliphatic heterocycles. The fraction of sp³-hybridized carbons (Fsp3) is 0.812. The zero-order chi connectivity index (χ0) is 29.8. The van der Waals surface area contributed by atoms with Crippen molar-refractivity contribution in [1.29, 1.82) is 0 Å². The van der Waals surface area contributed by atoms with Crippen molar-refractivity contribution in [2.45, 2.75) is 125 Å². The fourth-order valence-corrected chi connectivity index (χ4v) is 6.15. The predicted molar refractivity (Wildman–Crippen MR) is 180 cm³/mol. The summed E-state index contributed by atoms with van der Waals surface area (Å²) in [4.78, 5) is 18.5. The van der Waals surface area contributed by atoms with Crippen LogP contribution in [0.2, 0.25) is 0 Å². The van der Waals surface area contributed by atoms with E-state index in [0.29, 0.717) is 12.0 Å². The maximum absolute atomic E-state index is 11.7. The number of carbonyl (C=O) groups is 1. The van der Waals surface area contributed by atoms with E-state index < -0.39 is 10.8 Å². The molecular weight excluding hydrogens is 539 g/mol. The van der Waals surface area contributed by atoms with Gasteiger partial charge in [-0.05, 0) is 83.0 Å². The molecular formula is C32H63N3O3S2. The zero-order valence-electron chi connectivity index (χ0n) is 26.4. The van der Waals surface area contributed by atoms with E-state index in [1.165, 1.54) is 51.4 Å². The number of aliphatic hydroxyl groups is 1. The van der Waals surface area contributed by atoms with Gasteiger partial charge in [-0.25, -0.2) is 0 Å². The molecule has 5 unspecified atom stereocenters. The second kappa shape index (κ2) is 23.6. The summed E-state index contributed by atoms with van der Waals surface area (Å²) in [6.07, 6.45) is 18.0. The third kappa shape index (κ3) is 18.5. The molecule has 0 radical (unpaired) electrons. The van der Waals surface area contributed by atoms with Gasteiger partial charge in [0.2, 0.25) is 5.91 Å². The highest BCUT2D eigenvalue weighted by atomic mass is 32.2. The first-order valence-corrected chi connectivity index (χ1v) is 17.4. The Balaban J connectivity index is 0. The SMILES string of the molecule is C.C/C=C/S(C)=O.C/C=C\C(C)CCC.CCC1CC(C)C(N=C2NC(=O)C(C)(C)S2)C1.OCN1CCCCC1. The Morgan fingerprint density at radius 1 is 1.18 bits per heavy atom. The van der Waals surface area contributed by atoms with E-state index in [1.807, 2.05) is 20.8 Å². The average Bonchev–Trinajstić information content (AvgIpc) is 3.37. The molecule has 1 aliphatic carbocycles. The molecule has 2 heterocycles. The number of thioether (sulfide) groups is 1. The molecule has 3 aliphatic rings. The molecule has 6 nitrogen and oxygen atoms in total. The van der Waals surface area contributed by atoms with Gasteiger partial charge in [0.25, 0.3) is 0 Å². The molecule has 0 aromatic heterocycles. The monoisotopic (exact) mass is 601 g/mol. The maximum atomic E-state index is 11.7. The normalized spacial score (nSPS) is 26.5. The number of aliphatic imine (C=N–C) groups is 1. The number of piperidine rings is 1. The third-order valence-electron chi connectivity index (χ3n) is 7.16. The number of hydrogen-bond donors (Lipinski definition) is 2. The molecule has 0 spiro atoms. The standard InChI is InChI=1S/C13H22N2OS.C8H16.C6H13NO.C4H8OS.CH4/c1-5-9-6-8(2)10(7-9)14-12-15-11(16)13(3,4)17-12;1-4-6-8(3)7-5-2;8-6-7-4-2-1-3-5-7;1-3-4-6(2)5;/h8-10H,5-7H2,1-4H3,(H,14,15,16);4,6,8H,5,7H2,1-3H3;8H,1-6H2;3-4H,1-2H3;1H4/b;6-4-;;4-3+;. The second-order valence-electron chi connectivity index (χ2n) is 11.4. The topological polar surface area (TPSA) is 82.0 Å². The molecule has 5 atom stereocenters. The molecule has 1 amide bonds. The lowest BCUT2D eigenvalue weighted by Crippen LogP contribution is -2.31. The minimum Gasteiger partial charge on any atom is -0.381 e. The molecule has 0 bridgehead atoms. The highest BCUT2D eigenvalue weighted by molar-refractivity contribution is 8.16. The van der Waals surface area contributed by atoms with Gasteiger partial charge in [-0.3, -0.25) is 18.9 Å². The molecule has 1 saturated carbocycles. The second-order valence-corrected chi connectivity index (χ2v) is 14.3. The van der Waals surface area contributed by atoms with Crippen LogP contribution in [0.1, 0.15) is 114 Å². The number of carbonyl (C=O) groups excluding carboxylic acids is 1. The van der Waals surface area contributed by atoms with Gasteiger partial charge in [-0.1, -0.05) is 84.4 Å². The van der Waals surface area contributed by atoms with Gasteiger partial charge in [0.1, 0.15) is 0 Å². The Kier molecular flexibility index (Phi) is 24.3. The minimum atomic E-state index is -0.746. The Labute approximate surface area is 254 Å². The summed E-state index contributed by atoms with van der Waals surface area (Å²) < 4.78 is 9.71. The van der Waals surface area contributed by atoms with Crippen LogP contribution in [0.5, 0.6) is 0 Å². The summed E-state index contributed by atoms with van der Waals surface area (Å²) in [7, 11) is -0.746. The molecule has 8 heteroatoms. The fourth-order valence-electron chi connectivity index (χ4n) is 4.81. The van der Waals surface area contributed by atoms with Gasteiger partial charge in [-0.2, -0.15) is 0 Å². The van der Waals surface area contributed by atoms with E-state index in [9.17, 15) is 9.00 Å². The number of aliphatic hydroxyl groups excluding tert-OH is 1. The van der Waals surface area contributed by atoms with E-state index in [4.69, 9.17) is 10.1 Å². The van der Waals surface area contributed by atoms with Gasteiger partial charge in [0.05, 0.1) is 17.5 Å². The first-order chi connectivity index (χ1) is 18.4. The lowest BCUT2D eigenvalue weighted by Gasteiger charge is -2.23. The summed E-state index contributed by atoms with van der Waals surface area (Å²) in [6.45, 7) is 19.3. The highest BCUT2D eigenvalue weighted by Crippen LogP contribution is 2.37. The molecule has 236 valence electrons. The van der Waals surface area contributed by atoms with Crippen LogP contribution >= 0.6 is 11.8 Å². The van der Waals surface area contributed by atoms with Crippen molar-refractivity contribution in [3.05, 3.63) is 23.6 Å². The predicted octanol–water partition coefficient (Wildman–Crippen LogP) is 7.76. The van der Waals surface area contributed by atoms with E-state index in [0.717, 1.165) is 30.1 Å². The Morgan fingerprint density at radius 2 is 1.80 bits per heavy atom. The van der Waals surface area contributed by atoms with Crippen LogP contribution in [0.3, 0.4) is 0 Å². The third-order valence-corrected chi connectivity index (χ3v) is 8.91. The highest BCUT2D eigenvalue weighted by Gasteiger charge is 2.39. The van der Waals surface area contributed by atoms with Crippen molar-refractivity contribution in [3.63, 3.8) is 0 Å². The van der Waals surface area contributed by atoms with Crippen LogP contribution in [0, 0.1) is 17.8 Å². The van der Waals surface area contributed by atoms with Crippen LogP contribution in [-0.4, -0.2) is 62.2 Å². The van der Waals surface area contributed by atoms with E-state index in [2.05, 4.69) is 57.0 Å². The van der Waals surface area contributed by atoms with Gasteiger partial charge >= 0.3 is 0 Å².